The van der Waals surface area contributed by atoms with Gasteiger partial charge in [0.1, 0.15) is 5.82 Å². The lowest BCUT2D eigenvalue weighted by molar-refractivity contribution is 0.310. The number of aromatic nitrogens is 2. The monoisotopic (exact) mass is 220 g/mol. The van der Waals surface area contributed by atoms with Crippen LogP contribution in [0.1, 0.15) is 26.7 Å². The molecule has 1 aromatic heterocycles. The van der Waals surface area contributed by atoms with Crippen LogP contribution in [0.4, 0.5) is 11.6 Å². The highest BCUT2D eigenvalue weighted by molar-refractivity contribution is 5.41. The molecule has 0 atom stereocenters. The molecule has 88 valence electrons. The van der Waals surface area contributed by atoms with Crippen molar-refractivity contribution in [3.05, 3.63) is 12.1 Å². The maximum Gasteiger partial charge on any atom is 0.151 e. The van der Waals surface area contributed by atoms with Crippen LogP contribution in [-0.4, -0.2) is 23.3 Å². The van der Waals surface area contributed by atoms with Crippen molar-refractivity contribution in [2.45, 2.75) is 26.7 Å². The Kier molecular flexibility index (Phi) is 3.27. The molecule has 1 aliphatic heterocycles. The minimum Gasteiger partial charge on any atom is -0.382 e. The van der Waals surface area contributed by atoms with E-state index in [2.05, 4.69) is 28.9 Å². The average molecular weight is 220 g/mol. The molecule has 1 saturated heterocycles. The number of nitrogen functional groups attached to an aromatic ring is 1. The van der Waals surface area contributed by atoms with Crippen molar-refractivity contribution in [2.24, 2.45) is 11.8 Å². The van der Waals surface area contributed by atoms with Gasteiger partial charge in [0.2, 0.25) is 0 Å². The molecule has 0 bridgehead atoms. The SMILES string of the molecule is CC(C)C1CCN(c2ccc(N)nn2)CC1. The van der Waals surface area contributed by atoms with E-state index >= 15 is 0 Å². The van der Waals surface area contributed by atoms with E-state index in [4.69, 9.17) is 5.73 Å². The number of rotatable bonds is 2. The van der Waals surface area contributed by atoms with Crippen LogP contribution in [0.5, 0.6) is 0 Å². The molecule has 4 heteroatoms. The van der Waals surface area contributed by atoms with Gasteiger partial charge in [0, 0.05) is 13.1 Å². The second-order valence-electron chi connectivity index (χ2n) is 4.88. The standard InChI is InChI=1S/C12H20N4/c1-9(2)10-5-7-16(8-6-10)12-4-3-11(13)14-15-12/h3-4,9-10H,5-8H2,1-2H3,(H2,13,14). The maximum absolute atomic E-state index is 5.53. The average Bonchev–Trinajstić information content (AvgIpc) is 2.30. The number of piperidine rings is 1. The van der Waals surface area contributed by atoms with Crippen molar-refractivity contribution < 1.29 is 0 Å². The summed E-state index contributed by atoms with van der Waals surface area (Å²) in [6.45, 7) is 6.79. The molecule has 0 radical (unpaired) electrons. The molecule has 0 aromatic carbocycles. The topological polar surface area (TPSA) is 55.0 Å². The lowest BCUT2D eigenvalue weighted by atomic mass is 9.87. The van der Waals surface area contributed by atoms with E-state index in [-0.39, 0.29) is 0 Å². The Morgan fingerprint density at radius 1 is 1.25 bits per heavy atom. The summed E-state index contributed by atoms with van der Waals surface area (Å²) in [5, 5.41) is 8.02. The van der Waals surface area contributed by atoms with E-state index in [0.717, 1.165) is 30.7 Å². The van der Waals surface area contributed by atoms with Gasteiger partial charge < -0.3 is 10.6 Å². The molecule has 0 saturated carbocycles. The van der Waals surface area contributed by atoms with Crippen LogP contribution in [-0.2, 0) is 0 Å². The molecule has 2 N–H and O–H groups in total. The molecule has 0 amide bonds. The first-order valence-electron chi connectivity index (χ1n) is 6.01. The lowest BCUT2D eigenvalue weighted by Crippen LogP contribution is -2.35. The van der Waals surface area contributed by atoms with E-state index in [1.54, 1.807) is 0 Å². The minimum absolute atomic E-state index is 0.487. The third kappa shape index (κ3) is 2.43. The molecule has 0 spiro atoms. The molecule has 2 heterocycles. The van der Waals surface area contributed by atoms with Gasteiger partial charge in [-0.2, -0.15) is 0 Å². The number of hydrogen-bond donors (Lipinski definition) is 1. The van der Waals surface area contributed by atoms with Gasteiger partial charge in [-0.05, 0) is 36.8 Å². The summed E-state index contributed by atoms with van der Waals surface area (Å²) in [5.41, 5.74) is 5.53. The van der Waals surface area contributed by atoms with Crippen molar-refractivity contribution in [1.82, 2.24) is 10.2 Å². The molecule has 16 heavy (non-hydrogen) atoms. The smallest absolute Gasteiger partial charge is 0.151 e. The van der Waals surface area contributed by atoms with Crippen LogP contribution in [0.25, 0.3) is 0 Å². The zero-order valence-electron chi connectivity index (χ0n) is 10.1. The highest BCUT2D eigenvalue weighted by Gasteiger charge is 2.22. The highest BCUT2D eigenvalue weighted by Crippen LogP contribution is 2.26. The first-order chi connectivity index (χ1) is 7.66. The second kappa shape index (κ2) is 4.68. The van der Waals surface area contributed by atoms with Gasteiger partial charge in [-0.1, -0.05) is 13.8 Å². The Morgan fingerprint density at radius 3 is 2.44 bits per heavy atom. The fourth-order valence-electron chi connectivity index (χ4n) is 2.30. The van der Waals surface area contributed by atoms with Crippen LogP contribution >= 0.6 is 0 Å². The van der Waals surface area contributed by atoms with Gasteiger partial charge >= 0.3 is 0 Å². The summed E-state index contributed by atoms with van der Waals surface area (Å²) >= 11 is 0. The van der Waals surface area contributed by atoms with Crippen molar-refractivity contribution in [2.75, 3.05) is 23.7 Å². The molecular weight excluding hydrogens is 200 g/mol. The first kappa shape index (κ1) is 11.2. The number of nitrogens with zero attached hydrogens (tertiary/aromatic N) is 3. The van der Waals surface area contributed by atoms with E-state index in [1.165, 1.54) is 12.8 Å². The van der Waals surface area contributed by atoms with Crippen LogP contribution < -0.4 is 10.6 Å². The van der Waals surface area contributed by atoms with Crippen molar-refractivity contribution >= 4 is 11.6 Å². The molecule has 1 fully saturated rings. The predicted molar refractivity (Wildman–Crippen MR) is 66.2 cm³/mol. The first-order valence-corrected chi connectivity index (χ1v) is 6.01. The summed E-state index contributed by atoms with van der Waals surface area (Å²) in [6, 6.07) is 3.77. The number of nitrogens with two attached hydrogens (primary N) is 1. The quantitative estimate of drug-likeness (QED) is 0.827. The Balaban J connectivity index is 1.96. The number of hydrogen-bond acceptors (Lipinski definition) is 4. The van der Waals surface area contributed by atoms with E-state index < -0.39 is 0 Å². The summed E-state index contributed by atoms with van der Waals surface area (Å²) in [7, 11) is 0. The molecule has 2 rings (SSSR count). The molecule has 4 nitrogen and oxygen atoms in total. The van der Waals surface area contributed by atoms with E-state index in [9.17, 15) is 0 Å². The maximum atomic E-state index is 5.53. The molecule has 1 aromatic rings. The largest absolute Gasteiger partial charge is 0.382 e. The lowest BCUT2D eigenvalue weighted by Gasteiger charge is -2.34. The van der Waals surface area contributed by atoms with Gasteiger partial charge in [0.25, 0.3) is 0 Å². The van der Waals surface area contributed by atoms with Crippen LogP contribution in [0.3, 0.4) is 0 Å². The fourth-order valence-corrected chi connectivity index (χ4v) is 2.30. The van der Waals surface area contributed by atoms with Crippen molar-refractivity contribution in [1.29, 1.82) is 0 Å². The van der Waals surface area contributed by atoms with Crippen molar-refractivity contribution in [3.63, 3.8) is 0 Å². The van der Waals surface area contributed by atoms with Gasteiger partial charge in [0.05, 0.1) is 0 Å². The van der Waals surface area contributed by atoms with E-state index in [1.807, 2.05) is 12.1 Å². The van der Waals surface area contributed by atoms with Gasteiger partial charge in [-0.25, -0.2) is 0 Å². The summed E-state index contributed by atoms with van der Waals surface area (Å²) in [4.78, 5) is 2.30. The third-order valence-electron chi connectivity index (χ3n) is 3.48. The Labute approximate surface area is 96.9 Å². The highest BCUT2D eigenvalue weighted by atomic mass is 15.3. The molecule has 1 aliphatic rings. The Hall–Kier alpha value is -1.32. The minimum atomic E-state index is 0.487. The van der Waals surface area contributed by atoms with Crippen LogP contribution in [0.15, 0.2) is 12.1 Å². The van der Waals surface area contributed by atoms with Crippen LogP contribution in [0.2, 0.25) is 0 Å². The van der Waals surface area contributed by atoms with E-state index in [0.29, 0.717) is 5.82 Å². The molecule has 0 unspecified atom stereocenters. The second-order valence-corrected chi connectivity index (χ2v) is 4.88. The van der Waals surface area contributed by atoms with Gasteiger partial charge in [-0.15, -0.1) is 10.2 Å². The molecule has 0 aliphatic carbocycles. The summed E-state index contributed by atoms with van der Waals surface area (Å²) in [5.74, 6) is 3.09. The number of anilines is 2. The third-order valence-corrected chi connectivity index (χ3v) is 3.48. The van der Waals surface area contributed by atoms with Crippen molar-refractivity contribution in [3.8, 4) is 0 Å². The Bertz CT molecular complexity index is 325. The van der Waals surface area contributed by atoms with Gasteiger partial charge in [0.15, 0.2) is 5.82 Å². The zero-order chi connectivity index (χ0) is 11.5. The molecular formula is C12H20N4. The fraction of sp³-hybridized carbons (Fsp3) is 0.667. The summed E-state index contributed by atoms with van der Waals surface area (Å²) < 4.78 is 0. The predicted octanol–water partition coefficient (Wildman–Crippen LogP) is 1.93. The Morgan fingerprint density at radius 2 is 1.94 bits per heavy atom. The normalized spacial score (nSPS) is 18.1. The van der Waals surface area contributed by atoms with Crippen LogP contribution in [0, 0.1) is 11.8 Å². The summed E-state index contributed by atoms with van der Waals surface area (Å²) in [6.07, 6.45) is 2.51. The van der Waals surface area contributed by atoms with Gasteiger partial charge in [-0.3, -0.25) is 0 Å². The zero-order valence-corrected chi connectivity index (χ0v) is 10.1.